The van der Waals surface area contributed by atoms with Crippen LogP contribution >= 0.6 is 0 Å². The van der Waals surface area contributed by atoms with Crippen LogP contribution in [-0.2, 0) is 9.59 Å². The molecule has 0 saturated carbocycles. The lowest BCUT2D eigenvalue weighted by Crippen LogP contribution is -2.32. The SMILES string of the molecule is O=C1C(Nc2cccc(F)c2)=C(c2ccccc2)C(=O)N1c1cccc2ccccc12. The van der Waals surface area contributed by atoms with Crippen molar-refractivity contribution in [3.8, 4) is 0 Å². The molecule has 5 heteroatoms. The van der Waals surface area contributed by atoms with E-state index in [2.05, 4.69) is 5.32 Å². The lowest BCUT2D eigenvalue weighted by Gasteiger charge is -2.18. The van der Waals surface area contributed by atoms with E-state index < -0.39 is 17.6 Å². The molecule has 4 aromatic carbocycles. The average molecular weight is 408 g/mol. The first-order chi connectivity index (χ1) is 15.1. The van der Waals surface area contributed by atoms with Crippen molar-refractivity contribution in [2.75, 3.05) is 10.2 Å². The van der Waals surface area contributed by atoms with Crippen LogP contribution in [0.3, 0.4) is 0 Å². The molecule has 1 aliphatic rings. The van der Waals surface area contributed by atoms with Gasteiger partial charge in [-0.25, -0.2) is 9.29 Å². The highest BCUT2D eigenvalue weighted by molar-refractivity contribution is 6.47. The predicted molar refractivity (Wildman–Crippen MR) is 120 cm³/mol. The van der Waals surface area contributed by atoms with Crippen LogP contribution in [0.5, 0.6) is 0 Å². The number of hydrogen-bond donors (Lipinski definition) is 1. The van der Waals surface area contributed by atoms with Crippen LogP contribution in [0.4, 0.5) is 15.8 Å². The Morgan fingerprint density at radius 1 is 0.710 bits per heavy atom. The molecule has 1 N–H and O–H groups in total. The third-order valence-electron chi connectivity index (χ3n) is 5.25. The molecule has 0 bridgehead atoms. The number of nitrogens with zero attached hydrogens (tertiary/aromatic N) is 1. The minimum absolute atomic E-state index is 0.120. The van der Waals surface area contributed by atoms with Crippen molar-refractivity contribution in [3.63, 3.8) is 0 Å². The fourth-order valence-corrected chi connectivity index (χ4v) is 3.85. The summed E-state index contributed by atoms with van der Waals surface area (Å²) >= 11 is 0. The van der Waals surface area contributed by atoms with Gasteiger partial charge in [-0.2, -0.15) is 0 Å². The van der Waals surface area contributed by atoms with Crippen molar-refractivity contribution in [1.29, 1.82) is 0 Å². The number of nitrogens with one attached hydrogen (secondary N) is 1. The Balaban J connectivity index is 1.66. The number of rotatable bonds is 4. The van der Waals surface area contributed by atoms with Crippen molar-refractivity contribution in [3.05, 3.63) is 114 Å². The Bertz CT molecular complexity index is 1360. The lowest BCUT2D eigenvalue weighted by atomic mass is 10.0. The highest BCUT2D eigenvalue weighted by Crippen LogP contribution is 2.36. The minimum atomic E-state index is -0.482. The van der Waals surface area contributed by atoms with Crippen LogP contribution in [-0.4, -0.2) is 11.8 Å². The third-order valence-corrected chi connectivity index (χ3v) is 5.25. The number of anilines is 2. The summed E-state index contributed by atoms with van der Waals surface area (Å²) in [6, 6.07) is 27.9. The van der Waals surface area contributed by atoms with E-state index in [1.165, 1.54) is 17.0 Å². The number of benzene rings is 4. The summed E-state index contributed by atoms with van der Waals surface area (Å²) in [5.74, 6) is -1.34. The lowest BCUT2D eigenvalue weighted by molar-refractivity contribution is -0.120. The Morgan fingerprint density at radius 2 is 1.42 bits per heavy atom. The van der Waals surface area contributed by atoms with Crippen molar-refractivity contribution >= 4 is 39.5 Å². The van der Waals surface area contributed by atoms with Gasteiger partial charge in [0, 0.05) is 11.1 Å². The van der Waals surface area contributed by atoms with Crippen LogP contribution in [0.15, 0.2) is 103 Å². The van der Waals surface area contributed by atoms with Crippen LogP contribution in [0, 0.1) is 5.82 Å². The summed E-state index contributed by atoms with van der Waals surface area (Å²) in [5, 5.41) is 4.71. The van der Waals surface area contributed by atoms with Gasteiger partial charge in [-0.15, -0.1) is 0 Å². The molecule has 0 aliphatic carbocycles. The fraction of sp³-hybridized carbons (Fsp3) is 0. The van der Waals surface area contributed by atoms with Crippen LogP contribution < -0.4 is 10.2 Å². The monoisotopic (exact) mass is 408 g/mol. The average Bonchev–Trinajstić information content (AvgIpc) is 3.03. The van der Waals surface area contributed by atoms with E-state index in [-0.39, 0.29) is 11.3 Å². The van der Waals surface area contributed by atoms with Gasteiger partial charge in [-0.05, 0) is 35.2 Å². The van der Waals surface area contributed by atoms with Crippen LogP contribution in [0.25, 0.3) is 16.3 Å². The van der Waals surface area contributed by atoms with Crippen molar-refractivity contribution in [2.24, 2.45) is 0 Å². The largest absolute Gasteiger partial charge is 0.350 e. The van der Waals surface area contributed by atoms with E-state index in [0.29, 0.717) is 16.9 Å². The maximum absolute atomic E-state index is 13.7. The predicted octanol–water partition coefficient (Wildman–Crippen LogP) is 5.38. The summed E-state index contributed by atoms with van der Waals surface area (Å²) in [4.78, 5) is 28.3. The first-order valence-corrected chi connectivity index (χ1v) is 9.82. The van der Waals surface area contributed by atoms with Gasteiger partial charge in [-0.1, -0.05) is 72.8 Å². The first-order valence-electron chi connectivity index (χ1n) is 9.82. The molecular formula is C26H17FN2O2. The van der Waals surface area contributed by atoms with Gasteiger partial charge in [-0.3, -0.25) is 9.59 Å². The molecule has 0 spiro atoms. The normalized spacial score (nSPS) is 13.9. The molecule has 1 heterocycles. The maximum Gasteiger partial charge on any atom is 0.282 e. The molecule has 4 aromatic rings. The van der Waals surface area contributed by atoms with Gasteiger partial charge in [0.2, 0.25) is 0 Å². The van der Waals surface area contributed by atoms with E-state index in [0.717, 1.165) is 10.8 Å². The van der Waals surface area contributed by atoms with Gasteiger partial charge >= 0.3 is 0 Å². The maximum atomic E-state index is 13.7. The quantitative estimate of drug-likeness (QED) is 0.462. The number of carbonyl (C=O) groups excluding carboxylic acids is 2. The second kappa shape index (κ2) is 7.54. The number of imide groups is 1. The number of fused-ring (bicyclic) bond motifs is 1. The van der Waals surface area contributed by atoms with Crippen molar-refractivity contribution in [2.45, 2.75) is 0 Å². The molecule has 0 atom stereocenters. The fourth-order valence-electron chi connectivity index (χ4n) is 3.85. The second-order valence-corrected chi connectivity index (χ2v) is 7.20. The zero-order valence-electron chi connectivity index (χ0n) is 16.4. The van der Waals surface area contributed by atoms with Gasteiger partial charge < -0.3 is 5.32 Å². The summed E-state index contributed by atoms with van der Waals surface area (Å²) in [6.07, 6.45) is 0. The molecule has 0 radical (unpaired) electrons. The van der Waals surface area contributed by atoms with E-state index in [1.807, 2.05) is 42.5 Å². The Hall–Kier alpha value is -4.25. The molecular weight excluding hydrogens is 391 g/mol. The smallest absolute Gasteiger partial charge is 0.282 e. The van der Waals surface area contributed by atoms with Gasteiger partial charge in [0.05, 0.1) is 11.3 Å². The molecule has 0 saturated heterocycles. The highest BCUT2D eigenvalue weighted by atomic mass is 19.1. The standard InChI is InChI=1S/C26H17FN2O2/c27-19-12-7-13-20(16-19)28-24-23(18-9-2-1-3-10-18)25(30)29(26(24)31)22-15-6-11-17-8-4-5-14-21(17)22/h1-16,28H. The molecule has 4 nitrogen and oxygen atoms in total. The Morgan fingerprint density at radius 3 is 2.23 bits per heavy atom. The van der Waals surface area contributed by atoms with Crippen LogP contribution in [0.2, 0.25) is 0 Å². The zero-order chi connectivity index (χ0) is 21.4. The summed E-state index contributed by atoms with van der Waals surface area (Å²) in [5.41, 5.74) is 1.89. The highest BCUT2D eigenvalue weighted by Gasteiger charge is 2.40. The molecule has 0 fully saturated rings. The topological polar surface area (TPSA) is 49.4 Å². The summed E-state index contributed by atoms with van der Waals surface area (Å²) < 4.78 is 13.7. The van der Waals surface area contributed by atoms with Crippen molar-refractivity contribution in [1.82, 2.24) is 0 Å². The van der Waals surface area contributed by atoms with Gasteiger partial charge in [0.15, 0.2) is 0 Å². The van der Waals surface area contributed by atoms with E-state index in [4.69, 9.17) is 0 Å². The number of hydrogen-bond acceptors (Lipinski definition) is 3. The molecule has 150 valence electrons. The Labute approximate surface area is 178 Å². The molecule has 2 amide bonds. The van der Waals surface area contributed by atoms with E-state index in [1.54, 1.807) is 42.5 Å². The van der Waals surface area contributed by atoms with E-state index in [9.17, 15) is 14.0 Å². The number of halogens is 1. The van der Waals surface area contributed by atoms with Gasteiger partial charge in [0.1, 0.15) is 11.5 Å². The minimum Gasteiger partial charge on any atom is -0.350 e. The van der Waals surface area contributed by atoms with Crippen molar-refractivity contribution < 1.29 is 14.0 Å². The van der Waals surface area contributed by atoms with E-state index >= 15 is 0 Å². The van der Waals surface area contributed by atoms with Gasteiger partial charge in [0.25, 0.3) is 11.8 Å². The molecule has 31 heavy (non-hydrogen) atoms. The first kappa shape index (κ1) is 18.8. The molecule has 0 aromatic heterocycles. The molecule has 1 aliphatic heterocycles. The molecule has 5 rings (SSSR count). The summed E-state index contributed by atoms with van der Waals surface area (Å²) in [7, 11) is 0. The Kier molecular flexibility index (Phi) is 4.56. The zero-order valence-corrected chi connectivity index (χ0v) is 16.4. The van der Waals surface area contributed by atoms with Crippen LogP contribution in [0.1, 0.15) is 5.56 Å². The molecule has 0 unspecified atom stereocenters. The summed E-state index contributed by atoms with van der Waals surface area (Å²) in [6.45, 7) is 0. The number of amides is 2. The third kappa shape index (κ3) is 3.26. The second-order valence-electron chi connectivity index (χ2n) is 7.20. The number of carbonyl (C=O) groups is 2.